The summed E-state index contributed by atoms with van der Waals surface area (Å²) in [7, 11) is 0. The van der Waals surface area contributed by atoms with E-state index < -0.39 is 0 Å². The number of nitrogens with one attached hydrogen (secondary N) is 2. The summed E-state index contributed by atoms with van der Waals surface area (Å²) in [6.07, 6.45) is 2.49. The highest BCUT2D eigenvalue weighted by Crippen LogP contribution is 2.12. The van der Waals surface area contributed by atoms with Gasteiger partial charge >= 0.3 is 0 Å². The first-order chi connectivity index (χ1) is 10.7. The molecule has 1 atom stereocenters. The van der Waals surface area contributed by atoms with Crippen molar-refractivity contribution >= 4 is 30.1 Å². The van der Waals surface area contributed by atoms with Gasteiger partial charge in [-0.15, -0.1) is 12.4 Å². The van der Waals surface area contributed by atoms with Crippen molar-refractivity contribution in [3.05, 3.63) is 29.8 Å². The van der Waals surface area contributed by atoms with E-state index in [1.54, 1.807) is 0 Å². The second-order valence-electron chi connectivity index (χ2n) is 5.65. The van der Waals surface area contributed by atoms with Gasteiger partial charge in [0.05, 0.1) is 6.61 Å². The van der Waals surface area contributed by atoms with Crippen LogP contribution in [-0.2, 0) is 4.79 Å². The molecule has 1 saturated heterocycles. The molecule has 1 fully saturated rings. The average molecular weight is 359 g/mol. The fourth-order valence-corrected chi connectivity index (χ4v) is 3.28. The molecule has 1 unspecified atom stereocenters. The highest BCUT2D eigenvalue weighted by molar-refractivity contribution is 7.99. The van der Waals surface area contributed by atoms with Gasteiger partial charge in [0.15, 0.2) is 0 Å². The van der Waals surface area contributed by atoms with Gasteiger partial charge in [-0.05, 0) is 31.9 Å². The predicted octanol–water partition coefficient (Wildman–Crippen LogP) is 2.79. The van der Waals surface area contributed by atoms with Crippen LogP contribution in [0.25, 0.3) is 0 Å². The number of halogens is 1. The van der Waals surface area contributed by atoms with E-state index in [9.17, 15) is 4.79 Å². The lowest BCUT2D eigenvalue weighted by molar-refractivity contribution is -0.121. The quantitative estimate of drug-likeness (QED) is 0.701. The first-order valence-electron chi connectivity index (χ1n) is 8.01. The number of aryl methyl sites for hydroxylation is 1. The Hall–Kier alpha value is -0.910. The van der Waals surface area contributed by atoms with Crippen LogP contribution in [0.4, 0.5) is 0 Å². The largest absolute Gasteiger partial charge is 0.494 e. The minimum atomic E-state index is 0. The van der Waals surface area contributed by atoms with Crippen molar-refractivity contribution in [3.63, 3.8) is 0 Å². The molecule has 130 valence electrons. The molecule has 0 aromatic heterocycles. The SMILES string of the molecule is Cc1ccc(OCCCCNC(=O)CC2CSCCN2)cc1.Cl. The van der Waals surface area contributed by atoms with E-state index >= 15 is 0 Å². The summed E-state index contributed by atoms with van der Waals surface area (Å²) in [5.41, 5.74) is 1.24. The second kappa shape index (κ2) is 11.6. The van der Waals surface area contributed by atoms with Crippen LogP contribution in [0.5, 0.6) is 5.75 Å². The molecule has 0 saturated carbocycles. The lowest BCUT2D eigenvalue weighted by Gasteiger charge is -2.22. The molecule has 6 heteroatoms. The maximum Gasteiger partial charge on any atom is 0.221 e. The van der Waals surface area contributed by atoms with Crippen LogP contribution in [-0.4, -0.2) is 43.2 Å². The van der Waals surface area contributed by atoms with Crippen LogP contribution in [0.3, 0.4) is 0 Å². The Morgan fingerprint density at radius 1 is 1.35 bits per heavy atom. The van der Waals surface area contributed by atoms with E-state index in [4.69, 9.17) is 4.74 Å². The van der Waals surface area contributed by atoms with E-state index in [1.165, 1.54) is 5.56 Å². The number of rotatable bonds is 8. The number of carbonyl (C=O) groups is 1. The van der Waals surface area contributed by atoms with Crippen molar-refractivity contribution in [1.29, 1.82) is 0 Å². The van der Waals surface area contributed by atoms with Gasteiger partial charge in [0.2, 0.25) is 5.91 Å². The third-order valence-corrected chi connectivity index (χ3v) is 4.74. The van der Waals surface area contributed by atoms with E-state index in [2.05, 4.69) is 17.6 Å². The Morgan fingerprint density at radius 3 is 2.83 bits per heavy atom. The highest BCUT2D eigenvalue weighted by Gasteiger charge is 2.16. The predicted molar refractivity (Wildman–Crippen MR) is 99.9 cm³/mol. The van der Waals surface area contributed by atoms with Crippen LogP contribution in [0.15, 0.2) is 24.3 Å². The van der Waals surface area contributed by atoms with Crippen LogP contribution < -0.4 is 15.4 Å². The summed E-state index contributed by atoms with van der Waals surface area (Å²) < 4.78 is 5.66. The van der Waals surface area contributed by atoms with E-state index in [1.807, 2.05) is 36.0 Å². The maximum absolute atomic E-state index is 11.8. The number of benzene rings is 1. The Labute approximate surface area is 149 Å². The van der Waals surface area contributed by atoms with Crippen molar-refractivity contribution in [2.75, 3.05) is 31.2 Å². The lowest BCUT2D eigenvalue weighted by atomic mass is 10.2. The Kier molecular flexibility index (Phi) is 10.2. The smallest absolute Gasteiger partial charge is 0.221 e. The minimum absolute atomic E-state index is 0. The molecule has 4 nitrogen and oxygen atoms in total. The monoisotopic (exact) mass is 358 g/mol. The molecule has 2 N–H and O–H groups in total. The van der Waals surface area contributed by atoms with Gasteiger partial charge in [-0.3, -0.25) is 4.79 Å². The van der Waals surface area contributed by atoms with Crippen LogP contribution in [0.1, 0.15) is 24.8 Å². The fraction of sp³-hybridized carbons (Fsp3) is 0.588. The van der Waals surface area contributed by atoms with Crippen molar-refractivity contribution in [2.24, 2.45) is 0 Å². The van der Waals surface area contributed by atoms with Gasteiger partial charge in [-0.25, -0.2) is 0 Å². The average Bonchev–Trinajstić information content (AvgIpc) is 2.53. The van der Waals surface area contributed by atoms with Crippen molar-refractivity contribution in [3.8, 4) is 5.75 Å². The molecule has 1 aromatic carbocycles. The molecule has 1 aliphatic heterocycles. The molecule has 0 aliphatic carbocycles. The van der Waals surface area contributed by atoms with Gasteiger partial charge in [0.25, 0.3) is 0 Å². The van der Waals surface area contributed by atoms with E-state index in [0.29, 0.717) is 19.1 Å². The number of hydrogen-bond donors (Lipinski definition) is 2. The summed E-state index contributed by atoms with van der Waals surface area (Å²) >= 11 is 1.92. The van der Waals surface area contributed by atoms with E-state index in [0.717, 1.165) is 43.2 Å². The van der Waals surface area contributed by atoms with Gasteiger partial charge in [-0.2, -0.15) is 11.8 Å². The molecule has 1 aromatic rings. The van der Waals surface area contributed by atoms with Crippen LogP contribution >= 0.6 is 24.2 Å². The topological polar surface area (TPSA) is 50.4 Å². The van der Waals surface area contributed by atoms with Gasteiger partial charge in [0, 0.05) is 37.1 Å². The zero-order valence-corrected chi connectivity index (χ0v) is 15.3. The van der Waals surface area contributed by atoms with Crippen LogP contribution in [0.2, 0.25) is 0 Å². The van der Waals surface area contributed by atoms with Crippen molar-refractivity contribution < 1.29 is 9.53 Å². The first-order valence-corrected chi connectivity index (χ1v) is 9.17. The molecule has 1 heterocycles. The fourth-order valence-electron chi connectivity index (χ4n) is 2.33. The molecule has 23 heavy (non-hydrogen) atoms. The zero-order chi connectivity index (χ0) is 15.6. The van der Waals surface area contributed by atoms with Crippen molar-refractivity contribution in [2.45, 2.75) is 32.2 Å². The summed E-state index contributed by atoms with van der Waals surface area (Å²) in [6.45, 7) is 4.50. The molecule has 2 rings (SSSR count). The molecule has 1 aliphatic rings. The summed E-state index contributed by atoms with van der Waals surface area (Å²) in [4.78, 5) is 11.8. The number of ether oxygens (including phenoxy) is 1. The number of hydrogen-bond acceptors (Lipinski definition) is 4. The van der Waals surface area contributed by atoms with Gasteiger partial charge in [-0.1, -0.05) is 17.7 Å². The number of amides is 1. The Balaban J connectivity index is 0.00000264. The lowest BCUT2D eigenvalue weighted by Crippen LogP contribution is -2.41. The minimum Gasteiger partial charge on any atom is -0.494 e. The van der Waals surface area contributed by atoms with Gasteiger partial charge in [0.1, 0.15) is 5.75 Å². The number of carbonyl (C=O) groups excluding carboxylic acids is 1. The van der Waals surface area contributed by atoms with Crippen molar-refractivity contribution in [1.82, 2.24) is 10.6 Å². The second-order valence-corrected chi connectivity index (χ2v) is 6.80. The standard InChI is InChI=1S/C17H26N2O2S.ClH/c1-14-4-6-16(7-5-14)21-10-3-2-8-19-17(20)12-15-13-22-11-9-18-15;/h4-7,15,18H,2-3,8-13H2,1H3,(H,19,20);1H. The molecular formula is C17H27ClN2O2S. The summed E-state index contributed by atoms with van der Waals surface area (Å²) in [5.74, 6) is 3.26. The third-order valence-electron chi connectivity index (χ3n) is 3.61. The van der Waals surface area contributed by atoms with E-state index in [-0.39, 0.29) is 18.3 Å². The molecule has 1 amide bonds. The molecule has 0 bridgehead atoms. The third kappa shape index (κ3) is 8.49. The molecular weight excluding hydrogens is 332 g/mol. The summed E-state index contributed by atoms with van der Waals surface area (Å²) in [6, 6.07) is 8.42. The van der Waals surface area contributed by atoms with Crippen LogP contribution in [0, 0.1) is 6.92 Å². The molecule has 0 spiro atoms. The normalized spacial score (nSPS) is 17.2. The first kappa shape index (κ1) is 20.1. The van der Waals surface area contributed by atoms with Gasteiger partial charge < -0.3 is 15.4 Å². The molecule has 0 radical (unpaired) electrons. The Bertz CT molecular complexity index is 450. The number of thioether (sulfide) groups is 1. The zero-order valence-electron chi connectivity index (χ0n) is 13.7. The maximum atomic E-state index is 11.8. The Morgan fingerprint density at radius 2 is 2.13 bits per heavy atom. The summed E-state index contributed by atoms with van der Waals surface area (Å²) in [5, 5.41) is 6.37. The highest BCUT2D eigenvalue weighted by atomic mass is 35.5. The number of unbranched alkanes of at least 4 members (excludes halogenated alkanes) is 1.